The van der Waals surface area contributed by atoms with E-state index in [4.69, 9.17) is 16.6 Å². The molecule has 0 heterocycles. The smallest absolute Gasteiger partial charge is 0.308 e. The van der Waals surface area contributed by atoms with Crippen LogP contribution in [0.25, 0.3) is 0 Å². The van der Waals surface area contributed by atoms with Gasteiger partial charge in [-0.3, -0.25) is 24.6 Å². The summed E-state index contributed by atoms with van der Waals surface area (Å²) in [6, 6.07) is 14.1. The van der Waals surface area contributed by atoms with Crippen molar-refractivity contribution in [3.8, 4) is 12.3 Å². The Morgan fingerprint density at radius 1 is 0.971 bits per heavy atom. The number of amides is 3. The van der Waals surface area contributed by atoms with Crippen LogP contribution in [0.2, 0.25) is 0 Å². The monoisotopic (exact) mass is 462 g/mol. The molecule has 0 fully saturated rings. The van der Waals surface area contributed by atoms with Crippen molar-refractivity contribution in [2.75, 3.05) is 11.9 Å². The molecule has 9 heteroatoms. The summed E-state index contributed by atoms with van der Waals surface area (Å²) in [5.41, 5.74) is 1.37. The molecule has 2 aromatic carbocycles. The van der Waals surface area contributed by atoms with Crippen molar-refractivity contribution >= 4 is 35.2 Å². The molecular weight excluding hydrogens is 436 g/mol. The standard InChI is InChI=1S/C25H26N4O5/c1-3-19(16-23(32)34-4-2)27-21(30)14-15-22(31)28-20-12-10-17(11-13-20)24(26)29-25(33)18-8-6-5-7-9-18/h1,5-13,19H,4,14-16H2,2H3,(H,27,30)(H,28,31)(H2,26,29,33). The first kappa shape index (κ1) is 25.8. The Morgan fingerprint density at radius 3 is 2.24 bits per heavy atom. The maximum absolute atomic E-state index is 12.2. The second-order valence-electron chi connectivity index (χ2n) is 7.12. The zero-order chi connectivity index (χ0) is 24.9. The fraction of sp³-hybridized carbons (Fsp3) is 0.240. The van der Waals surface area contributed by atoms with Crippen LogP contribution in [0, 0.1) is 17.8 Å². The molecule has 3 amide bonds. The summed E-state index contributed by atoms with van der Waals surface area (Å²) in [6.45, 7) is 1.89. The summed E-state index contributed by atoms with van der Waals surface area (Å²) >= 11 is 0. The molecule has 0 aliphatic carbocycles. The van der Waals surface area contributed by atoms with Crippen LogP contribution in [0.1, 0.15) is 42.1 Å². The van der Waals surface area contributed by atoms with Crippen molar-refractivity contribution in [1.82, 2.24) is 10.6 Å². The van der Waals surface area contributed by atoms with Gasteiger partial charge in [-0.05, 0) is 43.3 Å². The van der Waals surface area contributed by atoms with Crippen LogP contribution in [-0.4, -0.2) is 42.2 Å². The Labute approximate surface area is 197 Å². The topological polar surface area (TPSA) is 137 Å². The highest BCUT2D eigenvalue weighted by atomic mass is 16.5. The zero-order valence-corrected chi connectivity index (χ0v) is 18.7. The molecule has 0 saturated heterocycles. The molecule has 176 valence electrons. The summed E-state index contributed by atoms with van der Waals surface area (Å²) < 4.78 is 4.80. The number of terminal acetylenes is 1. The van der Waals surface area contributed by atoms with E-state index in [1.807, 2.05) is 0 Å². The molecule has 2 rings (SSSR count). The minimum absolute atomic E-state index is 0.0747. The summed E-state index contributed by atoms with van der Waals surface area (Å²) in [7, 11) is 0. The van der Waals surface area contributed by atoms with Gasteiger partial charge < -0.3 is 20.7 Å². The number of carbonyl (C=O) groups is 4. The van der Waals surface area contributed by atoms with Crippen LogP contribution in [0.5, 0.6) is 0 Å². The van der Waals surface area contributed by atoms with Crippen LogP contribution in [0.3, 0.4) is 0 Å². The average Bonchev–Trinajstić information content (AvgIpc) is 2.83. The molecule has 4 N–H and O–H groups in total. The van der Waals surface area contributed by atoms with Gasteiger partial charge >= 0.3 is 5.97 Å². The lowest BCUT2D eigenvalue weighted by atomic mass is 10.1. The normalized spacial score (nSPS) is 10.8. The molecule has 0 radical (unpaired) electrons. The van der Waals surface area contributed by atoms with Gasteiger partial charge in [-0.2, -0.15) is 0 Å². The number of benzene rings is 2. The molecule has 2 aromatic rings. The Morgan fingerprint density at radius 2 is 1.62 bits per heavy atom. The van der Waals surface area contributed by atoms with Gasteiger partial charge in [0.05, 0.1) is 13.0 Å². The number of carbonyl (C=O) groups excluding carboxylic acids is 4. The van der Waals surface area contributed by atoms with Crippen molar-refractivity contribution in [2.24, 2.45) is 0 Å². The van der Waals surface area contributed by atoms with Gasteiger partial charge in [-0.25, -0.2) is 0 Å². The van der Waals surface area contributed by atoms with Gasteiger partial charge in [0.2, 0.25) is 11.8 Å². The lowest BCUT2D eigenvalue weighted by Gasteiger charge is -2.12. The first-order valence-corrected chi connectivity index (χ1v) is 10.6. The highest BCUT2D eigenvalue weighted by molar-refractivity contribution is 6.11. The van der Waals surface area contributed by atoms with Crippen molar-refractivity contribution in [1.29, 1.82) is 5.41 Å². The Balaban J connectivity index is 1.79. The number of ether oxygens (including phenoxy) is 1. The highest BCUT2D eigenvalue weighted by Gasteiger charge is 2.16. The van der Waals surface area contributed by atoms with E-state index < -0.39 is 29.7 Å². The summed E-state index contributed by atoms with van der Waals surface area (Å²) in [5, 5.41) is 15.7. The highest BCUT2D eigenvalue weighted by Crippen LogP contribution is 2.11. The van der Waals surface area contributed by atoms with E-state index in [1.165, 1.54) is 0 Å². The Bertz CT molecular complexity index is 1070. The number of hydrogen-bond donors (Lipinski definition) is 4. The van der Waals surface area contributed by atoms with E-state index in [2.05, 4.69) is 21.9 Å². The minimum Gasteiger partial charge on any atom is -0.466 e. The third kappa shape index (κ3) is 8.59. The Kier molecular flexibility index (Phi) is 10.0. The molecule has 1 unspecified atom stereocenters. The first-order valence-electron chi connectivity index (χ1n) is 10.6. The van der Waals surface area contributed by atoms with Crippen LogP contribution >= 0.6 is 0 Å². The second-order valence-corrected chi connectivity index (χ2v) is 7.12. The van der Waals surface area contributed by atoms with Gasteiger partial charge in [0, 0.05) is 29.7 Å². The van der Waals surface area contributed by atoms with Gasteiger partial charge in [-0.1, -0.05) is 24.1 Å². The predicted molar refractivity (Wildman–Crippen MR) is 127 cm³/mol. The summed E-state index contributed by atoms with van der Waals surface area (Å²) in [4.78, 5) is 47.8. The predicted octanol–water partition coefficient (Wildman–Crippen LogP) is 2.23. The van der Waals surface area contributed by atoms with Crippen molar-refractivity contribution in [3.63, 3.8) is 0 Å². The van der Waals surface area contributed by atoms with Gasteiger partial charge in [0.25, 0.3) is 5.91 Å². The van der Waals surface area contributed by atoms with Crippen LogP contribution in [0.4, 0.5) is 5.69 Å². The van der Waals surface area contributed by atoms with Gasteiger partial charge in [-0.15, -0.1) is 6.42 Å². The fourth-order valence-electron chi connectivity index (χ4n) is 2.82. The van der Waals surface area contributed by atoms with Crippen molar-refractivity contribution in [2.45, 2.75) is 32.2 Å². The van der Waals surface area contributed by atoms with Gasteiger partial charge in [0.15, 0.2) is 0 Å². The maximum Gasteiger partial charge on any atom is 0.308 e. The van der Waals surface area contributed by atoms with E-state index in [-0.39, 0.29) is 31.7 Å². The summed E-state index contributed by atoms with van der Waals surface area (Å²) in [6.07, 6.45) is 4.98. The average molecular weight is 463 g/mol. The number of rotatable bonds is 10. The minimum atomic E-state index is -0.806. The molecule has 0 aliphatic heterocycles. The lowest BCUT2D eigenvalue weighted by molar-refractivity contribution is -0.143. The van der Waals surface area contributed by atoms with Crippen LogP contribution in [0.15, 0.2) is 54.6 Å². The second kappa shape index (κ2) is 13.2. The summed E-state index contributed by atoms with van der Waals surface area (Å²) in [5.74, 6) is 0.478. The van der Waals surface area contributed by atoms with Crippen molar-refractivity contribution < 1.29 is 23.9 Å². The molecule has 0 aromatic heterocycles. The molecule has 34 heavy (non-hydrogen) atoms. The van der Waals surface area contributed by atoms with E-state index in [0.29, 0.717) is 16.8 Å². The fourth-order valence-corrected chi connectivity index (χ4v) is 2.82. The van der Waals surface area contributed by atoms with E-state index >= 15 is 0 Å². The number of anilines is 1. The van der Waals surface area contributed by atoms with E-state index in [1.54, 1.807) is 61.5 Å². The van der Waals surface area contributed by atoms with E-state index in [0.717, 1.165) is 0 Å². The quantitative estimate of drug-likeness (QED) is 0.186. The number of hydrogen-bond acceptors (Lipinski definition) is 6. The molecule has 0 bridgehead atoms. The number of nitrogens with one attached hydrogen (secondary N) is 4. The van der Waals surface area contributed by atoms with Crippen LogP contribution in [-0.2, 0) is 19.1 Å². The molecule has 0 saturated carbocycles. The van der Waals surface area contributed by atoms with E-state index in [9.17, 15) is 19.2 Å². The van der Waals surface area contributed by atoms with Crippen LogP contribution < -0.4 is 16.0 Å². The lowest BCUT2D eigenvalue weighted by Crippen LogP contribution is -2.36. The number of amidine groups is 1. The third-order valence-corrected chi connectivity index (χ3v) is 4.52. The maximum atomic E-state index is 12.2. The molecule has 1 atom stereocenters. The SMILES string of the molecule is C#CC(CC(=O)OCC)NC(=O)CCC(=O)Nc1ccc(C(=N)NC(=O)c2ccccc2)cc1. The molecule has 0 spiro atoms. The molecule has 0 aliphatic rings. The zero-order valence-electron chi connectivity index (χ0n) is 18.7. The first-order chi connectivity index (χ1) is 16.3. The molecule has 9 nitrogen and oxygen atoms in total. The third-order valence-electron chi connectivity index (χ3n) is 4.52. The number of esters is 1. The molecular formula is C25H26N4O5. The van der Waals surface area contributed by atoms with Gasteiger partial charge in [0.1, 0.15) is 11.9 Å². The largest absolute Gasteiger partial charge is 0.466 e. The Hall–Kier alpha value is -4.45. The van der Waals surface area contributed by atoms with Crippen molar-refractivity contribution in [3.05, 3.63) is 65.7 Å².